The Bertz CT molecular complexity index is 1390. The molecule has 38 heavy (non-hydrogen) atoms. The average Bonchev–Trinajstić information content (AvgIpc) is 2.85. The van der Waals surface area contributed by atoms with E-state index in [1.54, 1.807) is 55.6 Å². The van der Waals surface area contributed by atoms with E-state index in [0.717, 1.165) is 0 Å². The second-order valence-corrected chi connectivity index (χ2v) is 10.4. The number of rotatable bonds is 12. The Hall–Kier alpha value is -2.96. The van der Waals surface area contributed by atoms with E-state index in [-0.39, 0.29) is 36.0 Å². The highest BCUT2D eigenvalue weighted by Crippen LogP contribution is 2.52. The van der Waals surface area contributed by atoms with Gasteiger partial charge in [-0.15, -0.1) is 0 Å². The van der Waals surface area contributed by atoms with Crippen LogP contribution in [0.15, 0.2) is 54.6 Å². The summed E-state index contributed by atoms with van der Waals surface area (Å²) in [6.07, 6.45) is -0.711. The number of hydrogen-bond donors (Lipinski definition) is 1. The van der Waals surface area contributed by atoms with Gasteiger partial charge in [0.1, 0.15) is 18.5 Å². The van der Waals surface area contributed by atoms with Crippen molar-refractivity contribution < 1.29 is 40.9 Å². The molecular formula is C26H26ClF2NO7S. The molecule has 0 saturated heterocycles. The summed E-state index contributed by atoms with van der Waals surface area (Å²) in [5.74, 6) is -0.272. The number of benzene rings is 3. The highest BCUT2D eigenvalue weighted by Gasteiger charge is 2.33. The lowest BCUT2D eigenvalue weighted by atomic mass is 9.88. The van der Waals surface area contributed by atoms with Crippen molar-refractivity contribution >= 4 is 21.6 Å². The van der Waals surface area contributed by atoms with Crippen molar-refractivity contribution in [2.75, 3.05) is 33.5 Å². The van der Waals surface area contributed by atoms with Crippen LogP contribution in [-0.4, -0.2) is 48.6 Å². The summed E-state index contributed by atoms with van der Waals surface area (Å²) < 4.78 is 77.9. The molecule has 1 unspecified atom stereocenters. The van der Waals surface area contributed by atoms with Crippen LogP contribution in [0.4, 0.5) is 8.78 Å². The molecule has 0 fully saturated rings. The largest absolute Gasteiger partial charge is 0.487 e. The predicted molar refractivity (Wildman–Crippen MR) is 137 cm³/mol. The molecule has 12 heteroatoms. The number of sulfonamides is 1. The van der Waals surface area contributed by atoms with Crippen LogP contribution in [0.5, 0.6) is 17.2 Å². The van der Waals surface area contributed by atoms with Crippen LogP contribution in [-0.2, 0) is 25.2 Å². The van der Waals surface area contributed by atoms with Gasteiger partial charge in [0.05, 0.1) is 31.1 Å². The zero-order valence-corrected chi connectivity index (χ0v) is 21.9. The molecule has 1 atom stereocenters. The van der Waals surface area contributed by atoms with Gasteiger partial charge in [-0.2, -0.15) is 8.78 Å². The van der Waals surface area contributed by atoms with Gasteiger partial charge in [-0.05, 0) is 41.0 Å². The highest BCUT2D eigenvalue weighted by molar-refractivity contribution is 7.88. The minimum absolute atomic E-state index is 0.0729. The molecule has 3 aromatic rings. The van der Waals surface area contributed by atoms with Crippen LogP contribution in [0.2, 0.25) is 5.02 Å². The van der Waals surface area contributed by atoms with Crippen molar-refractivity contribution in [3.63, 3.8) is 0 Å². The minimum Gasteiger partial charge on any atom is -0.487 e. The van der Waals surface area contributed by atoms with E-state index in [1.807, 2.05) is 0 Å². The van der Waals surface area contributed by atoms with Crippen molar-refractivity contribution in [3.8, 4) is 28.4 Å². The molecule has 0 spiro atoms. The van der Waals surface area contributed by atoms with Gasteiger partial charge in [0.15, 0.2) is 11.5 Å². The molecule has 0 bridgehead atoms. The minimum atomic E-state index is -3.83. The number of halogens is 3. The molecule has 0 aliphatic carbocycles. The third-order valence-corrected chi connectivity index (χ3v) is 6.61. The molecule has 0 aromatic heterocycles. The van der Waals surface area contributed by atoms with Gasteiger partial charge < -0.3 is 23.7 Å². The Labute approximate surface area is 224 Å². The molecule has 8 nitrogen and oxygen atoms in total. The molecule has 204 valence electrons. The fourth-order valence-corrected chi connectivity index (χ4v) is 5.00. The first-order valence-electron chi connectivity index (χ1n) is 11.5. The summed E-state index contributed by atoms with van der Waals surface area (Å²) >= 11 is 6.21. The maximum Gasteiger partial charge on any atom is 0.387 e. The van der Waals surface area contributed by atoms with Crippen LogP contribution >= 0.6 is 11.6 Å². The fourth-order valence-electron chi connectivity index (χ4n) is 4.16. The topological polar surface area (TPSA) is 106 Å². The second kappa shape index (κ2) is 12.3. The number of fused-ring (bicyclic) bond motifs is 3. The van der Waals surface area contributed by atoms with Crippen LogP contribution in [0.25, 0.3) is 11.1 Å². The first kappa shape index (κ1) is 28.1. The van der Waals surface area contributed by atoms with E-state index in [1.165, 1.54) is 6.07 Å². The molecule has 0 radical (unpaired) electrons. The smallest absolute Gasteiger partial charge is 0.387 e. The maximum atomic E-state index is 13.6. The van der Waals surface area contributed by atoms with Crippen molar-refractivity contribution in [3.05, 3.63) is 76.3 Å². The molecule has 1 aliphatic rings. The van der Waals surface area contributed by atoms with Gasteiger partial charge in [0.25, 0.3) is 0 Å². The molecule has 2 N–H and O–H groups in total. The van der Waals surface area contributed by atoms with Crippen molar-refractivity contribution in [2.45, 2.75) is 18.5 Å². The monoisotopic (exact) mass is 569 g/mol. The molecule has 3 aromatic carbocycles. The number of alkyl halides is 2. The molecular weight excluding hydrogens is 544 g/mol. The molecule has 0 amide bonds. The molecule has 1 aliphatic heterocycles. The SMILES string of the molecule is COCCOCCOc1ccc2c(c1OC(F)F)-c1ccc(CS(N)(=O)=O)cc1C(c1cccc(Cl)c1)O2. The number of ether oxygens (including phenoxy) is 5. The number of primary sulfonamides is 1. The Kier molecular flexibility index (Phi) is 9.06. The summed E-state index contributed by atoms with van der Waals surface area (Å²) in [6, 6.07) is 14.9. The van der Waals surface area contributed by atoms with Gasteiger partial charge in [0.2, 0.25) is 10.0 Å². The third-order valence-electron chi connectivity index (χ3n) is 5.64. The quantitative estimate of drug-likeness (QED) is 0.309. The Morgan fingerprint density at radius 2 is 1.84 bits per heavy atom. The predicted octanol–water partition coefficient (Wildman–Crippen LogP) is 4.92. The lowest BCUT2D eigenvalue weighted by Gasteiger charge is -2.31. The van der Waals surface area contributed by atoms with Crippen LogP contribution in [0.1, 0.15) is 22.8 Å². The average molecular weight is 570 g/mol. The molecule has 1 heterocycles. The van der Waals surface area contributed by atoms with E-state index in [9.17, 15) is 17.2 Å². The number of nitrogens with two attached hydrogens (primary N) is 1. The zero-order chi connectivity index (χ0) is 27.3. The third kappa shape index (κ3) is 6.91. The number of hydrogen-bond acceptors (Lipinski definition) is 7. The van der Waals surface area contributed by atoms with Crippen molar-refractivity contribution in [1.82, 2.24) is 0 Å². The van der Waals surface area contributed by atoms with Crippen LogP contribution in [0, 0.1) is 0 Å². The van der Waals surface area contributed by atoms with Crippen molar-refractivity contribution in [1.29, 1.82) is 0 Å². The maximum absolute atomic E-state index is 13.6. The molecule has 4 rings (SSSR count). The lowest BCUT2D eigenvalue weighted by Crippen LogP contribution is -2.19. The Morgan fingerprint density at radius 3 is 2.55 bits per heavy atom. The summed E-state index contributed by atoms with van der Waals surface area (Å²) in [6.45, 7) is -2.09. The van der Waals surface area contributed by atoms with Crippen molar-refractivity contribution in [2.24, 2.45) is 5.14 Å². The normalized spacial score (nSPS) is 14.5. The first-order chi connectivity index (χ1) is 18.2. The molecule has 0 saturated carbocycles. The van der Waals surface area contributed by atoms with Gasteiger partial charge in [-0.3, -0.25) is 0 Å². The first-order valence-corrected chi connectivity index (χ1v) is 13.6. The Balaban J connectivity index is 1.79. The number of methoxy groups -OCH3 is 1. The van der Waals surface area contributed by atoms with E-state index >= 15 is 0 Å². The van der Waals surface area contributed by atoms with E-state index in [0.29, 0.717) is 40.5 Å². The summed E-state index contributed by atoms with van der Waals surface area (Å²) in [5.41, 5.74) is 2.37. The summed E-state index contributed by atoms with van der Waals surface area (Å²) in [7, 11) is -2.28. The van der Waals surface area contributed by atoms with Gasteiger partial charge in [-0.25, -0.2) is 13.6 Å². The zero-order valence-electron chi connectivity index (χ0n) is 20.4. The van der Waals surface area contributed by atoms with Gasteiger partial charge in [-0.1, -0.05) is 41.9 Å². The van der Waals surface area contributed by atoms with Crippen LogP contribution < -0.4 is 19.3 Å². The Morgan fingerprint density at radius 1 is 1.05 bits per heavy atom. The van der Waals surface area contributed by atoms with Crippen LogP contribution in [0.3, 0.4) is 0 Å². The van der Waals surface area contributed by atoms with Gasteiger partial charge >= 0.3 is 6.61 Å². The summed E-state index contributed by atoms with van der Waals surface area (Å²) in [5, 5.41) is 5.73. The highest BCUT2D eigenvalue weighted by atomic mass is 35.5. The standard InChI is InChI=1S/C26H26ClF2NO7S/c1-33-9-10-34-11-12-35-22-8-7-21-23(25(22)37-26(28)29)19-6-5-16(15-38(30,31)32)13-20(19)24(36-21)17-3-2-4-18(27)14-17/h2-8,13-14,24,26H,9-12,15H2,1H3,(H2,30,31,32). The lowest BCUT2D eigenvalue weighted by molar-refractivity contribution is -0.0515. The fraction of sp³-hybridized carbons (Fsp3) is 0.308. The summed E-state index contributed by atoms with van der Waals surface area (Å²) in [4.78, 5) is 0. The van der Waals surface area contributed by atoms with E-state index in [4.69, 9.17) is 40.4 Å². The van der Waals surface area contributed by atoms with E-state index < -0.39 is 28.5 Å². The second-order valence-electron chi connectivity index (χ2n) is 8.38. The van der Waals surface area contributed by atoms with Gasteiger partial charge in [0, 0.05) is 17.7 Å². The van der Waals surface area contributed by atoms with E-state index in [2.05, 4.69) is 0 Å².